The number of hydrogen-bond donors (Lipinski definition) is 2. The van der Waals surface area contributed by atoms with Crippen LogP contribution >= 0.6 is 0 Å². The van der Waals surface area contributed by atoms with Gasteiger partial charge in [-0.3, -0.25) is 9.59 Å². The van der Waals surface area contributed by atoms with Crippen molar-refractivity contribution >= 4 is 18.0 Å². The van der Waals surface area contributed by atoms with E-state index in [1.54, 1.807) is 44.6 Å². The van der Waals surface area contributed by atoms with Crippen LogP contribution in [-0.4, -0.2) is 52.5 Å². The third-order valence-corrected chi connectivity index (χ3v) is 4.45. The summed E-state index contributed by atoms with van der Waals surface area (Å²) in [5.74, 6) is 1.44. The topological polar surface area (TPSA) is 107 Å². The van der Waals surface area contributed by atoms with E-state index in [1.165, 1.54) is 13.3 Å². The Morgan fingerprint density at radius 2 is 1.64 bits per heavy atom. The molecule has 0 fully saturated rings. The molecular formula is C24H29N3O6. The molecule has 0 aliphatic heterocycles. The highest BCUT2D eigenvalue weighted by Crippen LogP contribution is 2.28. The number of ether oxygens (including phenoxy) is 4. The van der Waals surface area contributed by atoms with Gasteiger partial charge in [-0.25, -0.2) is 5.43 Å². The predicted octanol–water partition coefficient (Wildman–Crippen LogP) is 2.48. The number of nitrogens with one attached hydrogen (secondary N) is 2. The first-order chi connectivity index (χ1) is 16.0. The summed E-state index contributed by atoms with van der Waals surface area (Å²) in [7, 11) is 4.66. The summed E-state index contributed by atoms with van der Waals surface area (Å²) in [4.78, 5) is 24.0. The third-order valence-electron chi connectivity index (χ3n) is 4.45. The summed E-state index contributed by atoms with van der Waals surface area (Å²) >= 11 is 0. The first-order valence-electron chi connectivity index (χ1n) is 10.2. The molecule has 0 saturated carbocycles. The standard InChI is InChI=1S/C24H29N3O6/c1-5-12-33-20-9-7-18(14-22(20)32-4)16-26-27-24(29)15-23(28)25-11-10-17-6-8-19(30-2)21(13-17)31-3/h5-9,13-14,16H,1,10-12,15H2,2-4H3,(H,25,28)(H,27,29)/b26-16-. The van der Waals surface area contributed by atoms with E-state index in [0.717, 1.165) is 5.56 Å². The van der Waals surface area contributed by atoms with Gasteiger partial charge in [-0.05, 0) is 47.9 Å². The fraction of sp³-hybridized carbons (Fsp3) is 0.292. The Labute approximate surface area is 193 Å². The van der Waals surface area contributed by atoms with E-state index in [4.69, 9.17) is 18.9 Å². The molecule has 176 valence electrons. The fourth-order valence-electron chi connectivity index (χ4n) is 2.84. The van der Waals surface area contributed by atoms with Gasteiger partial charge in [0.2, 0.25) is 11.8 Å². The zero-order chi connectivity index (χ0) is 24.1. The second-order valence-corrected chi connectivity index (χ2v) is 6.77. The average Bonchev–Trinajstić information content (AvgIpc) is 2.82. The molecule has 0 aromatic heterocycles. The smallest absolute Gasteiger partial charge is 0.249 e. The highest BCUT2D eigenvalue weighted by Gasteiger charge is 2.09. The first-order valence-corrected chi connectivity index (χ1v) is 10.2. The molecule has 9 heteroatoms. The molecule has 0 bridgehead atoms. The van der Waals surface area contributed by atoms with Crippen LogP contribution in [0.5, 0.6) is 23.0 Å². The van der Waals surface area contributed by atoms with Crippen molar-refractivity contribution in [2.45, 2.75) is 12.8 Å². The Kier molecular flexibility index (Phi) is 10.3. The average molecular weight is 456 g/mol. The quantitative estimate of drug-likeness (QED) is 0.208. The summed E-state index contributed by atoms with van der Waals surface area (Å²) in [5, 5.41) is 6.60. The summed E-state index contributed by atoms with van der Waals surface area (Å²) in [5.41, 5.74) is 4.00. The Bertz CT molecular complexity index is 990. The van der Waals surface area contributed by atoms with E-state index in [-0.39, 0.29) is 6.42 Å². The summed E-state index contributed by atoms with van der Waals surface area (Å²) < 4.78 is 21.2. The van der Waals surface area contributed by atoms with Crippen LogP contribution in [0.15, 0.2) is 54.2 Å². The van der Waals surface area contributed by atoms with Gasteiger partial charge in [0.05, 0.1) is 27.5 Å². The van der Waals surface area contributed by atoms with Gasteiger partial charge in [0.25, 0.3) is 0 Å². The maximum absolute atomic E-state index is 12.0. The summed E-state index contributed by atoms with van der Waals surface area (Å²) in [6.45, 7) is 4.34. The van der Waals surface area contributed by atoms with Crippen molar-refractivity contribution in [3.63, 3.8) is 0 Å². The molecule has 2 amide bonds. The molecule has 0 saturated heterocycles. The lowest BCUT2D eigenvalue weighted by atomic mass is 10.1. The first kappa shape index (κ1) is 25.3. The lowest BCUT2D eigenvalue weighted by molar-refractivity contribution is -0.129. The van der Waals surface area contributed by atoms with Crippen molar-refractivity contribution in [2.75, 3.05) is 34.5 Å². The fourth-order valence-corrected chi connectivity index (χ4v) is 2.84. The maximum atomic E-state index is 12.0. The molecule has 2 aromatic rings. The van der Waals surface area contributed by atoms with Crippen LogP contribution in [0.4, 0.5) is 0 Å². The molecule has 2 N–H and O–H groups in total. The second-order valence-electron chi connectivity index (χ2n) is 6.77. The maximum Gasteiger partial charge on any atom is 0.249 e. The molecule has 33 heavy (non-hydrogen) atoms. The molecule has 0 heterocycles. The van der Waals surface area contributed by atoms with E-state index in [1.807, 2.05) is 12.1 Å². The van der Waals surface area contributed by atoms with Crippen LogP contribution in [0.3, 0.4) is 0 Å². The Balaban J connectivity index is 1.77. The van der Waals surface area contributed by atoms with E-state index in [2.05, 4.69) is 22.4 Å². The van der Waals surface area contributed by atoms with Crippen molar-refractivity contribution in [3.05, 3.63) is 60.2 Å². The van der Waals surface area contributed by atoms with Gasteiger partial charge in [0.1, 0.15) is 13.0 Å². The van der Waals surface area contributed by atoms with Crippen LogP contribution in [0.1, 0.15) is 17.5 Å². The van der Waals surface area contributed by atoms with Gasteiger partial charge in [-0.2, -0.15) is 5.10 Å². The normalized spacial score (nSPS) is 10.4. The summed E-state index contributed by atoms with van der Waals surface area (Å²) in [6, 6.07) is 10.8. The second kappa shape index (κ2) is 13.4. The van der Waals surface area contributed by atoms with Crippen molar-refractivity contribution in [3.8, 4) is 23.0 Å². The van der Waals surface area contributed by atoms with Crippen LogP contribution in [0.25, 0.3) is 0 Å². The van der Waals surface area contributed by atoms with E-state index < -0.39 is 11.8 Å². The highest BCUT2D eigenvalue weighted by atomic mass is 16.5. The number of hydrazone groups is 1. The van der Waals surface area contributed by atoms with Gasteiger partial charge in [-0.15, -0.1) is 0 Å². The van der Waals surface area contributed by atoms with Crippen molar-refractivity contribution in [2.24, 2.45) is 5.10 Å². The lowest BCUT2D eigenvalue weighted by Gasteiger charge is -2.10. The number of rotatable bonds is 13. The van der Waals surface area contributed by atoms with Crippen LogP contribution < -0.4 is 29.7 Å². The minimum absolute atomic E-state index is 0.332. The minimum atomic E-state index is -0.521. The number of carbonyl (C=O) groups excluding carboxylic acids is 2. The molecular weight excluding hydrogens is 426 g/mol. The Morgan fingerprint density at radius 1 is 0.939 bits per heavy atom. The SMILES string of the molecule is C=CCOc1ccc(/C=N\NC(=O)CC(=O)NCCc2ccc(OC)c(OC)c2)cc1OC. The Morgan fingerprint density at radius 3 is 2.33 bits per heavy atom. The number of methoxy groups -OCH3 is 3. The minimum Gasteiger partial charge on any atom is -0.493 e. The Hall–Kier alpha value is -4.01. The molecule has 2 aromatic carbocycles. The van der Waals surface area contributed by atoms with Crippen LogP contribution in [0.2, 0.25) is 0 Å². The zero-order valence-corrected chi connectivity index (χ0v) is 19.1. The number of nitrogens with zero attached hydrogens (tertiary/aromatic N) is 1. The molecule has 0 aliphatic rings. The molecule has 2 rings (SSSR count). The largest absolute Gasteiger partial charge is 0.493 e. The monoisotopic (exact) mass is 455 g/mol. The van der Waals surface area contributed by atoms with Crippen molar-refractivity contribution in [1.29, 1.82) is 0 Å². The lowest BCUT2D eigenvalue weighted by Crippen LogP contribution is -2.31. The molecule has 9 nitrogen and oxygen atoms in total. The number of hydrogen-bond acceptors (Lipinski definition) is 7. The molecule has 0 atom stereocenters. The number of carbonyl (C=O) groups is 2. The summed E-state index contributed by atoms with van der Waals surface area (Å²) in [6.07, 6.45) is 3.34. The highest BCUT2D eigenvalue weighted by molar-refractivity contribution is 5.97. The van der Waals surface area contributed by atoms with Crippen LogP contribution in [0, 0.1) is 0 Å². The predicted molar refractivity (Wildman–Crippen MR) is 125 cm³/mol. The number of benzene rings is 2. The molecule has 0 spiro atoms. The van der Waals surface area contributed by atoms with E-state index in [0.29, 0.717) is 48.1 Å². The third kappa shape index (κ3) is 8.21. The zero-order valence-electron chi connectivity index (χ0n) is 19.1. The van der Waals surface area contributed by atoms with Gasteiger partial charge in [0, 0.05) is 6.54 Å². The van der Waals surface area contributed by atoms with E-state index >= 15 is 0 Å². The molecule has 0 aliphatic carbocycles. The molecule has 0 radical (unpaired) electrons. The van der Waals surface area contributed by atoms with Crippen molar-refractivity contribution < 1.29 is 28.5 Å². The van der Waals surface area contributed by atoms with Gasteiger partial charge >= 0.3 is 0 Å². The van der Waals surface area contributed by atoms with Gasteiger partial charge in [-0.1, -0.05) is 18.7 Å². The number of amides is 2. The van der Waals surface area contributed by atoms with Crippen molar-refractivity contribution in [1.82, 2.24) is 10.7 Å². The van der Waals surface area contributed by atoms with E-state index in [9.17, 15) is 9.59 Å². The van der Waals surface area contributed by atoms with Crippen LogP contribution in [-0.2, 0) is 16.0 Å². The van der Waals surface area contributed by atoms with Gasteiger partial charge in [0.15, 0.2) is 23.0 Å². The van der Waals surface area contributed by atoms with Gasteiger partial charge < -0.3 is 24.3 Å². The molecule has 0 unspecified atom stereocenters.